The van der Waals surface area contributed by atoms with Crippen molar-refractivity contribution >= 4 is 0 Å². The van der Waals surface area contributed by atoms with Crippen molar-refractivity contribution in [1.29, 1.82) is 0 Å². The lowest BCUT2D eigenvalue weighted by Crippen LogP contribution is -2.35. The molecule has 0 atom stereocenters. The fraction of sp³-hybridized carbons (Fsp3) is 1.00. The molecule has 0 saturated carbocycles. The smallest absolute Gasteiger partial charge is 0.0875 e. The summed E-state index contributed by atoms with van der Waals surface area (Å²) in [5.74, 6) is 0. The van der Waals surface area contributed by atoms with E-state index in [0.29, 0.717) is 0 Å². The van der Waals surface area contributed by atoms with Gasteiger partial charge in [0.05, 0.1) is 34.3 Å². The van der Waals surface area contributed by atoms with Gasteiger partial charge in [0, 0.05) is 6.42 Å². The molecule has 0 saturated heterocycles. The van der Waals surface area contributed by atoms with E-state index in [1.807, 2.05) is 0 Å². The lowest BCUT2D eigenvalue weighted by molar-refractivity contribution is -0.870. The summed E-state index contributed by atoms with van der Waals surface area (Å²) >= 11 is 0. The fourth-order valence-corrected chi connectivity index (χ4v) is 0.539. The van der Waals surface area contributed by atoms with Crippen LogP contribution < -0.4 is 0 Å². The summed E-state index contributed by atoms with van der Waals surface area (Å²) in [6, 6.07) is 0. The first-order valence-corrected chi connectivity index (χ1v) is 2.95. The monoisotopic (exact) mass is 117 g/mol. The van der Waals surface area contributed by atoms with Crippen molar-refractivity contribution in [3.8, 4) is 0 Å². The zero-order valence-corrected chi connectivity index (χ0v) is 5.98. The van der Waals surface area contributed by atoms with Crippen LogP contribution in [-0.4, -0.2) is 38.8 Å². The Morgan fingerprint density at radius 2 is 1.75 bits per heavy atom. The minimum atomic E-state index is 0.0650. The molecule has 0 aliphatic carbocycles. The highest BCUT2D eigenvalue weighted by Gasteiger charge is 2.03. The van der Waals surface area contributed by atoms with Crippen molar-refractivity contribution in [2.24, 2.45) is 0 Å². The quantitative estimate of drug-likeness (QED) is 0.480. The third-order valence-corrected chi connectivity index (χ3v) is 0.973. The molecule has 0 N–H and O–H groups in total. The Bertz CT molecular complexity index is 56.0. The van der Waals surface area contributed by atoms with Crippen LogP contribution in [0, 0.1) is 0 Å². The first-order chi connectivity index (χ1) is 3.56. The average molecular weight is 117 g/mol. The van der Waals surface area contributed by atoms with Crippen LogP contribution >= 0.6 is 0 Å². The Morgan fingerprint density at radius 3 is 1.88 bits per heavy atom. The van der Waals surface area contributed by atoms with Gasteiger partial charge in [-0.3, -0.25) is 0 Å². The Kier molecular flexibility index (Phi) is 3.02. The molecule has 0 aliphatic rings. The number of nitrogens with zero attached hydrogens (tertiary/aromatic N) is 1. The van der Waals surface area contributed by atoms with Gasteiger partial charge in [0.25, 0.3) is 0 Å². The van der Waals surface area contributed by atoms with Gasteiger partial charge in [0.2, 0.25) is 0 Å². The van der Waals surface area contributed by atoms with E-state index in [0.717, 1.165) is 17.4 Å². The van der Waals surface area contributed by atoms with E-state index >= 15 is 0 Å². The second kappa shape index (κ2) is 3.05. The predicted molar refractivity (Wildman–Crippen MR) is 33.1 cm³/mol. The topological polar surface area (TPSA) is 19.9 Å². The molecule has 0 aliphatic heterocycles. The fourth-order valence-electron chi connectivity index (χ4n) is 0.539. The molecular weight excluding hydrogens is 102 g/mol. The molecule has 0 amide bonds. The molecule has 0 aromatic carbocycles. The van der Waals surface area contributed by atoms with E-state index < -0.39 is 0 Å². The normalized spacial score (nSPS) is 12.0. The predicted octanol–water partition coefficient (Wildman–Crippen LogP) is 0.513. The molecule has 8 heavy (non-hydrogen) atoms. The van der Waals surface area contributed by atoms with Gasteiger partial charge in [-0.1, -0.05) is 0 Å². The van der Waals surface area contributed by atoms with Gasteiger partial charge >= 0.3 is 0 Å². The van der Waals surface area contributed by atoms with Crippen molar-refractivity contribution in [3.63, 3.8) is 0 Å². The van der Waals surface area contributed by atoms with Gasteiger partial charge in [-0.2, -0.15) is 0 Å². The van der Waals surface area contributed by atoms with Crippen LogP contribution in [0.1, 0.15) is 6.42 Å². The Morgan fingerprint density at radius 1 is 1.25 bits per heavy atom. The Balaban J connectivity index is 3.11. The lowest BCUT2D eigenvalue weighted by Gasteiger charge is -2.22. The van der Waals surface area contributed by atoms with Gasteiger partial charge < -0.3 is 4.48 Å². The Hall–Kier alpha value is -0.0800. The highest BCUT2D eigenvalue weighted by atomic mass is 16.3. The summed E-state index contributed by atoms with van der Waals surface area (Å²) in [6.07, 6.45) is 0.795. The molecule has 2 heteroatoms. The molecule has 0 aromatic rings. The molecule has 0 heterocycles. The van der Waals surface area contributed by atoms with Crippen molar-refractivity contribution in [3.05, 3.63) is 0 Å². The van der Waals surface area contributed by atoms with Crippen LogP contribution in [0.15, 0.2) is 0 Å². The van der Waals surface area contributed by atoms with Gasteiger partial charge in [-0.25, -0.2) is 5.11 Å². The number of hydrogen-bond donors (Lipinski definition) is 0. The van der Waals surface area contributed by atoms with Crippen LogP contribution in [0.2, 0.25) is 0 Å². The third-order valence-electron chi connectivity index (χ3n) is 0.973. The molecule has 0 fully saturated rings. The highest BCUT2D eigenvalue weighted by molar-refractivity contribution is 4.28. The standard InChI is InChI=1S/C6H15NO/c1-7(2,3)5-4-6-8/h4-6H2,1-3H3/q+1. The first-order valence-electron chi connectivity index (χ1n) is 2.95. The lowest BCUT2D eigenvalue weighted by atomic mass is 10.4. The van der Waals surface area contributed by atoms with Crippen LogP contribution in [0.4, 0.5) is 0 Å². The summed E-state index contributed by atoms with van der Waals surface area (Å²) in [5, 5.41) is 9.97. The van der Waals surface area contributed by atoms with Crippen molar-refractivity contribution < 1.29 is 9.59 Å². The minimum Gasteiger partial charge on any atom is -0.331 e. The third kappa shape index (κ3) is 5.92. The molecule has 0 unspecified atom stereocenters. The van der Waals surface area contributed by atoms with Gasteiger partial charge in [0.15, 0.2) is 0 Å². The first kappa shape index (κ1) is 7.92. The summed E-state index contributed by atoms with van der Waals surface area (Å²) in [4.78, 5) is 0. The molecule has 2 nitrogen and oxygen atoms in total. The second-order valence-corrected chi connectivity index (χ2v) is 3.07. The minimum absolute atomic E-state index is 0.0650. The zero-order chi connectivity index (χ0) is 6.62. The van der Waals surface area contributed by atoms with Gasteiger partial charge in [0.1, 0.15) is 0 Å². The maximum atomic E-state index is 9.97. The van der Waals surface area contributed by atoms with Gasteiger partial charge in [-0.05, 0) is 0 Å². The molecule has 49 valence electrons. The van der Waals surface area contributed by atoms with Crippen LogP contribution in [-0.2, 0) is 5.11 Å². The zero-order valence-electron chi connectivity index (χ0n) is 5.98. The summed E-state index contributed by atoms with van der Waals surface area (Å²) in [5.41, 5.74) is 0. The molecule has 0 bridgehead atoms. The molecule has 1 radical (unpaired) electrons. The summed E-state index contributed by atoms with van der Waals surface area (Å²) in [6.45, 7) is 1.05. The largest absolute Gasteiger partial charge is 0.331 e. The summed E-state index contributed by atoms with van der Waals surface area (Å²) in [7, 11) is 6.28. The van der Waals surface area contributed by atoms with E-state index in [9.17, 15) is 5.11 Å². The summed E-state index contributed by atoms with van der Waals surface area (Å²) < 4.78 is 0.905. The van der Waals surface area contributed by atoms with E-state index in [4.69, 9.17) is 0 Å². The van der Waals surface area contributed by atoms with Crippen molar-refractivity contribution in [2.75, 3.05) is 34.3 Å². The average Bonchev–Trinajstić information content (AvgIpc) is 1.59. The molecule has 0 spiro atoms. The molecule has 0 rings (SSSR count). The van der Waals surface area contributed by atoms with Crippen LogP contribution in [0.5, 0.6) is 0 Å². The molecular formula is C6H15NO+. The van der Waals surface area contributed by atoms with E-state index in [1.165, 1.54) is 0 Å². The molecule has 0 aromatic heterocycles. The highest BCUT2D eigenvalue weighted by Crippen LogP contribution is 1.91. The maximum absolute atomic E-state index is 9.97. The van der Waals surface area contributed by atoms with Gasteiger partial charge in [-0.15, -0.1) is 0 Å². The van der Waals surface area contributed by atoms with Crippen LogP contribution in [0.25, 0.3) is 0 Å². The van der Waals surface area contributed by atoms with E-state index in [-0.39, 0.29) is 6.61 Å². The number of quaternary nitrogens is 1. The maximum Gasteiger partial charge on any atom is 0.0875 e. The number of rotatable bonds is 3. The Labute approximate surface area is 51.3 Å². The van der Waals surface area contributed by atoms with Crippen molar-refractivity contribution in [2.45, 2.75) is 6.42 Å². The second-order valence-electron chi connectivity index (χ2n) is 3.07. The SMILES string of the molecule is C[N+](C)(C)CCC[O]. The van der Waals surface area contributed by atoms with Crippen LogP contribution in [0.3, 0.4) is 0 Å². The van der Waals surface area contributed by atoms with E-state index in [2.05, 4.69) is 21.1 Å². The van der Waals surface area contributed by atoms with E-state index in [1.54, 1.807) is 0 Å². The van der Waals surface area contributed by atoms with Crippen molar-refractivity contribution in [1.82, 2.24) is 0 Å². The number of hydrogen-bond acceptors (Lipinski definition) is 0.